The lowest BCUT2D eigenvalue weighted by Gasteiger charge is -2.25. The molecule has 0 aromatic heterocycles. The highest BCUT2D eigenvalue weighted by Gasteiger charge is 2.30. The van der Waals surface area contributed by atoms with Crippen molar-refractivity contribution in [2.45, 2.75) is 33.7 Å². The normalized spacial score (nSPS) is 15.7. The third kappa shape index (κ3) is 5.76. The number of carbonyl (C=O) groups is 2. The summed E-state index contributed by atoms with van der Waals surface area (Å²) < 4.78 is 18.6. The van der Waals surface area contributed by atoms with Gasteiger partial charge in [-0.05, 0) is 68.7 Å². The molecule has 3 rings (SSSR count). The standard InChI is InChI=1S/C24H26FN3O3S/c1-5-31-23(30)21-16(4)26-24(28-22(21)17-7-9-18(25)10-8-17)32-13-20(29)27-19-11-6-14(2)15(3)12-19/h6-12,22H,5,13H2,1-4H3,(H,26,28)(H,27,29)/t22-/m0/s1. The van der Waals surface area contributed by atoms with Crippen LogP contribution in [0, 0.1) is 19.7 Å². The third-order valence-corrected chi connectivity index (χ3v) is 5.92. The molecular weight excluding hydrogens is 429 g/mol. The van der Waals surface area contributed by atoms with E-state index in [0.29, 0.717) is 22.0 Å². The van der Waals surface area contributed by atoms with E-state index < -0.39 is 12.0 Å². The van der Waals surface area contributed by atoms with Crippen LogP contribution in [-0.4, -0.2) is 29.4 Å². The topological polar surface area (TPSA) is 79.8 Å². The Bertz CT molecular complexity index is 1080. The predicted octanol–water partition coefficient (Wildman–Crippen LogP) is 4.65. The highest BCUT2D eigenvalue weighted by atomic mass is 32.2. The number of ether oxygens (including phenoxy) is 1. The van der Waals surface area contributed by atoms with Crippen molar-refractivity contribution in [3.8, 4) is 0 Å². The van der Waals surface area contributed by atoms with Crippen LogP contribution in [0.5, 0.6) is 0 Å². The Balaban J connectivity index is 1.75. The lowest BCUT2D eigenvalue weighted by Crippen LogP contribution is -2.31. The van der Waals surface area contributed by atoms with Crippen molar-refractivity contribution in [1.29, 1.82) is 0 Å². The molecule has 8 heteroatoms. The molecule has 1 heterocycles. The van der Waals surface area contributed by atoms with E-state index in [9.17, 15) is 14.0 Å². The summed E-state index contributed by atoms with van der Waals surface area (Å²) in [6.45, 7) is 7.73. The molecule has 1 atom stereocenters. The molecule has 1 aliphatic rings. The van der Waals surface area contributed by atoms with Gasteiger partial charge >= 0.3 is 5.97 Å². The van der Waals surface area contributed by atoms with E-state index in [1.807, 2.05) is 32.0 Å². The summed E-state index contributed by atoms with van der Waals surface area (Å²) in [4.78, 5) is 29.6. The zero-order valence-electron chi connectivity index (χ0n) is 18.5. The van der Waals surface area contributed by atoms with E-state index in [1.54, 1.807) is 26.0 Å². The van der Waals surface area contributed by atoms with E-state index in [1.165, 1.54) is 23.9 Å². The summed E-state index contributed by atoms with van der Waals surface area (Å²) in [6, 6.07) is 10.9. The average molecular weight is 456 g/mol. The molecule has 6 nitrogen and oxygen atoms in total. The molecule has 1 aliphatic heterocycles. The van der Waals surface area contributed by atoms with E-state index in [4.69, 9.17) is 4.74 Å². The fraction of sp³-hybridized carbons (Fsp3) is 0.292. The van der Waals surface area contributed by atoms with Gasteiger partial charge in [0.1, 0.15) is 11.9 Å². The second kappa shape index (κ2) is 10.5. The monoisotopic (exact) mass is 455 g/mol. The zero-order chi connectivity index (χ0) is 23.3. The molecule has 0 spiro atoms. The van der Waals surface area contributed by atoms with Crippen LogP contribution in [0.4, 0.5) is 10.1 Å². The van der Waals surface area contributed by atoms with Gasteiger partial charge in [0.25, 0.3) is 0 Å². The summed E-state index contributed by atoms with van der Waals surface area (Å²) in [5.74, 6) is -0.884. The largest absolute Gasteiger partial charge is 0.463 e. The van der Waals surface area contributed by atoms with Gasteiger partial charge < -0.3 is 15.4 Å². The van der Waals surface area contributed by atoms with Gasteiger partial charge in [-0.2, -0.15) is 0 Å². The minimum Gasteiger partial charge on any atom is -0.463 e. The number of hydrogen-bond acceptors (Lipinski definition) is 6. The van der Waals surface area contributed by atoms with Gasteiger partial charge in [0.05, 0.1) is 17.9 Å². The van der Waals surface area contributed by atoms with Crippen molar-refractivity contribution in [2.24, 2.45) is 4.99 Å². The smallest absolute Gasteiger partial charge is 0.338 e. The van der Waals surface area contributed by atoms with E-state index in [2.05, 4.69) is 15.6 Å². The van der Waals surface area contributed by atoms with Crippen molar-refractivity contribution in [1.82, 2.24) is 5.32 Å². The number of nitrogens with one attached hydrogen (secondary N) is 2. The van der Waals surface area contributed by atoms with Gasteiger partial charge in [0.15, 0.2) is 5.17 Å². The molecule has 1 amide bonds. The molecular formula is C24H26FN3O3S. The van der Waals surface area contributed by atoms with E-state index in [-0.39, 0.29) is 24.1 Å². The third-order valence-electron chi connectivity index (χ3n) is 5.03. The number of benzene rings is 2. The first kappa shape index (κ1) is 23.5. The average Bonchev–Trinajstić information content (AvgIpc) is 2.75. The quantitative estimate of drug-likeness (QED) is 0.620. The van der Waals surface area contributed by atoms with Gasteiger partial charge in [0, 0.05) is 11.4 Å². The number of thioether (sulfide) groups is 1. The van der Waals surface area contributed by atoms with Crippen LogP contribution in [0.3, 0.4) is 0 Å². The fourth-order valence-corrected chi connectivity index (χ4v) is 3.98. The Labute approximate surface area is 191 Å². The van der Waals surface area contributed by atoms with E-state index >= 15 is 0 Å². The lowest BCUT2D eigenvalue weighted by molar-refractivity contribution is -0.139. The molecule has 2 aromatic carbocycles. The number of aliphatic imine (C=N–C) groups is 1. The first-order valence-electron chi connectivity index (χ1n) is 10.3. The molecule has 32 heavy (non-hydrogen) atoms. The highest BCUT2D eigenvalue weighted by molar-refractivity contribution is 8.14. The number of aryl methyl sites for hydroxylation is 2. The highest BCUT2D eigenvalue weighted by Crippen LogP contribution is 2.33. The number of rotatable bonds is 6. The number of amidine groups is 1. The maximum Gasteiger partial charge on any atom is 0.338 e. The Morgan fingerprint density at radius 3 is 2.50 bits per heavy atom. The first-order valence-corrected chi connectivity index (χ1v) is 11.2. The minimum atomic E-state index is -0.652. The summed E-state index contributed by atoms with van der Waals surface area (Å²) in [5.41, 5.74) is 4.61. The molecule has 168 valence electrons. The van der Waals surface area contributed by atoms with Crippen LogP contribution in [0.1, 0.15) is 36.6 Å². The molecule has 0 saturated heterocycles. The molecule has 2 aromatic rings. The van der Waals surface area contributed by atoms with E-state index in [0.717, 1.165) is 16.8 Å². The molecule has 0 fully saturated rings. The Hall–Kier alpha value is -3.13. The van der Waals surface area contributed by atoms with Crippen LogP contribution in [-0.2, 0) is 14.3 Å². The van der Waals surface area contributed by atoms with Gasteiger partial charge in [-0.15, -0.1) is 0 Å². The van der Waals surface area contributed by atoms with Crippen molar-refractivity contribution in [2.75, 3.05) is 17.7 Å². The number of carbonyl (C=O) groups excluding carboxylic acids is 2. The zero-order valence-corrected chi connectivity index (χ0v) is 19.3. The number of hydrogen-bond donors (Lipinski definition) is 2. The molecule has 0 unspecified atom stereocenters. The molecule has 0 bridgehead atoms. The molecule has 0 saturated carbocycles. The summed E-state index contributed by atoms with van der Waals surface area (Å²) in [6.07, 6.45) is 0. The van der Waals surface area contributed by atoms with Crippen LogP contribution in [0.15, 0.2) is 58.7 Å². The van der Waals surface area contributed by atoms with Gasteiger partial charge in [-0.3, -0.25) is 4.79 Å². The molecule has 0 radical (unpaired) electrons. The fourth-order valence-electron chi connectivity index (χ4n) is 3.23. The Morgan fingerprint density at radius 1 is 1.12 bits per heavy atom. The Kier molecular flexibility index (Phi) is 7.69. The maximum atomic E-state index is 13.4. The number of allylic oxidation sites excluding steroid dienone is 1. The van der Waals surface area contributed by atoms with Crippen molar-refractivity contribution < 1.29 is 18.7 Å². The predicted molar refractivity (Wildman–Crippen MR) is 126 cm³/mol. The van der Waals surface area contributed by atoms with Gasteiger partial charge in [-0.1, -0.05) is 30.0 Å². The number of nitrogens with zero attached hydrogens (tertiary/aromatic N) is 1. The van der Waals surface area contributed by atoms with Crippen LogP contribution in [0.25, 0.3) is 0 Å². The number of halogens is 1. The number of amides is 1. The lowest BCUT2D eigenvalue weighted by atomic mass is 9.96. The number of esters is 1. The first-order chi connectivity index (χ1) is 15.3. The SMILES string of the molecule is CCOC(=O)C1=C(C)NC(SCC(=O)Nc2ccc(C)c(C)c2)=N[C@H]1c1ccc(F)cc1. The minimum absolute atomic E-state index is 0.136. The van der Waals surface area contributed by atoms with Gasteiger partial charge in [-0.25, -0.2) is 14.2 Å². The van der Waals surface area contributed by atoms with Crippen molar-refractivity contribution in [3.63, 3.8) is 0 Å². The summed E-state index contributed by atoms with van der Waals surface area (Å²) in [5, 5.41) is 6.47. The van der Waals surface area contributed by atoms with Crippen LogP contribution in [0.2, 0.25) is 0 Å². The van der Waals surface area contributed by atoms with Crippen LogP contribution >= 0.6 is 11.8 Å². The van der Waals surface area contributed by atoms with Gasteiger partial charge in [0.2, 0.25) is 5.91 Å². The van der Waals surface area contributed by atoms with Crippen LogP contribution < -0.4 is 10.6 Å². The maximum absolute atomic E-state index is 13.4. The number of anilines is 1. The second-order valence-corrected chi connectivity index (χ2v) is 8.37. The van der Waals surface area contributed by atoms with Crippen molar-refractivity contribution >= 4 is 34.5 Å². The second-order valence-electron chi connectivity index (χ2n) is 7.41. The Morgan fingerprint density at radius 2 is 1.84 bits per heavy atom. The molecule has 0 aliphatic carbocycles. The summed E-state index contributed by atoms with van der Waals surface area (Å²) in [7, 11) is 0. The van der Waals surface area contributed by atoms with Crippen molar-refractivity contribution in [3.05, 3.63) is 76.2 Å². The molecule has 2 N–H and O–H groups in total. The summed E-state index contributed by atoms with van der Waals surface area (Å²) >= 11 is 1.23.